The first-order valence-corrected chi connectivity index (χ1v) is 5.66. The van der Waals surface area contributed by atoms with Crippen LogP contribution in [0.2, 0.25) is 0 Å². The summed E-state index contributed by atoms with van der Waals surface area (Å²) in [6.45, 7) is 1.69. The van der Waals surface area contributed by atoms with Gasteiger partial charge in [-0.15, -0.1) is 0 Å². The van der Waals surface area contributed by atoms with Gasteiger partial charge < -0.3 is 9.88 Å². The summed E-state index contributed by atoms with van der Waals surface area (Å²) < 4.78 is 39.1. The fraction of sp³-hybridized carbons (Fsp3) is 0.333. The Labute approximate surface area is 107 Å². The number of aryl methyl sites for hydroxylation is 1. The highest BCUT2D eigenvalue weighted by atomic mass is 19.4. The molecule has 0 unspecified atom stereocenters. The van der Waals surface area contributed by atoms with E-state index in [4.69, 9.17) is 0 Å². The van der Waals surface area contributed by atoms with Gasteiger partial charge in [-0.05, 0) is 18.2 Å². The minimum atomic E-state index is -4.50. The van der Waals surface area contributed by atoms with E-state index in [0.29, 0.717) is 17.6 Å². The molecule has 0 fully saturated rings. The van der Waals surface area contributed by atoms with Crippen molar-refractivity contribution in [2.75, 3.05) is 5.32 Å². The monoisotopic (exact) mass is 271 g/mol. The fourth-order valence-electron chi connectivity index (χ4n) is 1.78. The van der Waals surface area contributed by atoms with Gasteiger partial charge in [0.1, 0.15) is 0 Å². The maximum Gasteiger partial charge on any atom is 0.449 e. The maximum atomic E-state index is 12.7. The number of halogens is 3. The summed E-state index contributed by atoms with van der Waals surface area (Å²) in [5.41, 5.74) is 0.997. The van der Waals surface area contributed by atoms with E-state index in [2.05, 4.69) is 10.3 Å². The normalized spacial score (nSPS) is 11.8. The number of carbonyl (C=O) groups excluding carboxylic acids is 1. The van der Waals surface area contributed by atoms with Gasteiger partial charge >= 0.3 is 6.18 Å². The highest BCUT2D eigenvalue weighted by Crippen LogP contribution is 2.31. The minimum absolute atomic E-state index is 0.198. The molecule has 102 valence electrons. The molecular weight excluding hydrogens is 259 g/mol. The number of carbonyl (C=O) groups is 1. The number of hydrogen-bond donors (Lipinski definition) is 1. The molecule has 1 heterocycles. The predicted octanol–water partition coefficient (Wildman–Crippen LogP) is 2.94. The number of rotatable bonds is 2. The molecule has 0 saturated heterocycles. The maximum absolute atomic E-state index is 12.7. The smallest absolute Gasteiger partial charge is 0.326 e. The molecule has 1 N–H and O–H groups in total. The van der Waals surface area contributed by atoms with Crippen molar-refractivity contribution >= 4 is 22.6 Å². The molecule has 0 aliphatic carbocycles. The molecule has 1 aromatic carbocycles. The van der Waals surface area contributed by atoms with E-state index >= 15 is 0 Å². The van der Waals surface area contributed by atoms with Crippen molar-refractivity contribution in [3.8, 4) is 0 Å². The number of amides is 1. The molecule has 4 nitrogen and oxygen atoms in total. The van der Waals surface area contributed by atoms with Crippen LogP contribution in [-0.2, 0) is 18.0 Å². The fourth-order valence-corrected chi connectivity index (χ4v) is 1.78. The van der Waals surface area contributed by atoms with Crippen molar-refractivity contribution in [3.05, 3.63) is 24.0 Å². The Morgan fingerprint density at radius 2 is 2.11 bits per heavy atom. The lowest BCUT2D eigenvalue weighted by Gasteiger charge is -2.05. The van der Waals surface area contributed by atoms with E-state index < -0.39 is 12.0 Å². The van der Waals surface area contributed by atoms with E-state index in [1.807, 2.05) is 0 Å². The zero-order valence-electron chi connectivity index (χ0n) is 10.4. The van der Waals surface area contributed by atoms with Crippen molar-refractivity contribution in [3.63, 3.8) is 0 Å². The molecular formula is C12H12F3N3O. The zero-order chi connectivity index (χ0) is 14.2. The van der Waals surface area contributed by atoms with Crippen LogP contribution in [0.5, 0.6) is 0 Å². The second kappa shape index (κ2) is 4.56. The van der Waals surface area contributed by atoms with Gasteiger partial charge in [0.15, 0.2) is 0 Å². The van der Waals surface area contributed by atoms with Crippen molar-refractivity contribution in [2.45, 2.75) is 19.5 Å². The van der Waals surface area contributed by atoms with Crippen LogP contribution in [0.25, 0.3) is 11.0 Å². The number of hydrogen-bond acceptors (Lipinski definition) is 2. The standard InChI is InChI=1S/C12H12F3N3O/c1-3-10(19)16-7-4-5-9-8(6-7)17-11(18(9)2)12(13,14)15/h4-6H,3H2,1-2H3,(H,16,19). The Balaban J connectivity index is 2.47. The van der Waals surface area contributed by atoms with Gasteiger partial charge in [-0.2, -0.15) is 13.2 Å². The molecule has 0 radical (unpaired) electrons. The Morgan fingerprint density at radius 3 is 2.68 bits per heavy atom. The summed E-state index contributed by atoms with van der Waals surface area (Å²) in [6.07, 6.45) is -4.20. The van der Waals surface area contributed by atoms with E-state index in [9.17, 15) is 18.0 Å². The van der Waals surface area contributed by atoms with Crippen molar-refractivity contribution in [2.24, 2.45) is 7.05 Å². The van der Waals surface area contributed by atoms with Crippen molar-refractivity contribution in [1.82, 2.24) is 9.55 Å². The van der Waals surface area contributed by atoms with Gasteiger partial charge in [0.25, 0.3) is 0 Å². The van der Waals surface area contributed by atoms with Gasteiger partial charge in [-0.3, -0.25) is 4.79 Å². The quantitative estimate of drug-likeness (QED) is 0.912. The second-order valence-corrected chi connectivity index (χ2v) is 4.10. The third-order valence-electron chi connectivity index (χ3n) is 2.74. The Kier molecular flexibility index (Phi) is 3.21. The number of nitrogens with one attached hydrogen (secondary N) is 1. The van der Waals surface area contributed by atoms with Gasteiger partial charge in [0.05, 0.1) is 11.0 Å². The molecule has 0 aliphatic rings. The average Bonchev–Trinajstić information content (AvgIpc) is 2.66. The number of alkyl halides is 3. The van der Waals surface area contributed by atoms with Crippen LogP contribution >= 0.6 is 0 Å². The Bertz CT molecular complexity index is 631. The summed E-state index contributed by atoms with van der Waals surface area (Å²) >= 11 is 0. The molecule has 0 saturated carbocycles. The van der Waals surface area contributed by atoms with Gasteiger partial charge in [-0.25, -0.2) is 4.98 Å². The molecule has 0 spiro atoms. The van der Waals surface area contributed by atoms with Gasteiger partial charge in [-0.1, -0.05) is 6.92 Å². The third-order valence-corrected chi connectivity index (χ3v) is 2.74. The molecule has 1 aromatic heterocycles. The zero-order valence-corrected chi connectivity index (χ0v) is 10.4. The first-order chi connectivity index (χ1) is 8.82. The lowest BCUT2D eigenvalue weighted by Crippen LogP contribution is -2.12. The van der Waals surface area contributed by atoms with Crippen LogP contribution in [0.1, 0.15) is 19.2 Å². The average molecular weight is 271 g/mol. The molecule has 19 heavy (non-hydrogen) atoms. The number of fused-ring (bicyclic) bond motifs is 1. The number of benzene rings is 1. The van der Waals surface area contributed by atoms with Crippen LogP contribution in [0.4, 0.5) is 18.9 Å². The lowest BCUT2D eigenvalue weighted by molar-refractivity contribution is -0.146. The largest absolute Gasteiger partial charge is 0.449 e. The number of imidazole rings is 1. The predicted molar refractivity (Wildman–Crippen MR) is 64.6 cm³/mol. The van der Waals surface area contributed by atoms with Gasteiger partial charge in [0.2, 0.25) is 11.7 Å². The molecule has 7 heteroatoms. The van der Waals surface area contributed by atoms with Crippen LogP contribution in [0, 0.1) is 0 Å². The SMILES string of the molecule is CCC(=O)Nc1ccc2c(c1)nc(C(F)(F)F)n2C. The first-order valence-electron chi connectivity index (χ1n) is 5.66. The molecule has 0 bridgehead atoms. The van der Waals surface area contributed by atoms with Crippen molar-refractivity contribution in [1.29, 1.82) is 0 Å². The Morgan fingerprint density at radius 1 is 1.42 bits per heavy atom. The second-order valence-electron chi connectivity index (χ2n) is 4.10. The molecule has 1 amide bonds. The molecule has 2 aromatic rings. The summed E-state index contributed by atoms with van der Waals surface area (Å²) in [5.74, 6) is -1.16. The molecule has 0 aliphatic heterocycles. The molecule has 2 rings (SSSR count). The number of aromatic nitrogens is 2. The van der Waals surface area contributed by atoms with E-state index in [0.717, 1.165) is 4.57 Å². The third kappa shape index (κ3) is 2.54. The summed E-state index contributed by atoms with van der Waals surface area (Å²) in [7, 11) is 1.31. The molecule has 0 atom stereocenters. The van der Waals surface area contributed by atoms with E-state index in [1.54, 1.807) is 13.0 Å². The number of nitrogens with zero attached hydrogens (tertiary/aromatic N) is 2. The van der Waals surface area contributed by atoms with Gasteiger partial charge in [0, 0.05) is 19.2 Å². The van der Waals surface area contributed by atoms with Crippen molar-refractivity contribution < 1.29 is 18.0 Å². The highest BCUT2D eigenvalue weighted by Gasteiger charge is 2.36. The summed E-state index contributed by atoms with van der Waals surface area (Å²) in [6, 6.07) is 4.48. The highest BCUT2D eigenvalue weighted by molar-refractivity contribution is 5.92. The van der Waals surface area contributed by atoms with Crippen LogP contribution in [0.3, 0.4) is 0 Å². The van der Waals surface area contributed by atoms with E-state index in [-0.39, 0.29) is 11.4 Å². The number of anilines is 1. The van der Waals surface area contributed by atoms with Crippen LogP contribution in [-0.4, -0.2) is 15.5 Å². The first kappa shape index (κ1) is 13.4. The lowest BCUT2D eigenvalue weighted by atomic mass is 10.2. The van der Waals surface area contributed by atoms with Crippen LogP contribution < -0.4 is 5.32 Å². The topological polar surface area (TPSA) is 46.9 Å². The Hall–Kier alpha value is -2.05. The van der Waals surface area contributed by atoms with E-state index in [1.165, 1.54) is 19.2 Å². The summed E-state index contributed by atoms with van der Waals surface area (Å²) in [5, 5.41) is 2.58. The minimum Gasteiger partial charge on any atom is -0.326 e. The summed E-state index contributed by atoms with van der Waals surface area (Å²) in [4.78, 5) is 14.8. The van der Waals surface area contributed by atoms with Crippen LogP contribution in [0.15, 0.2) is 18.2 Å².